The van der Waals surface area contributed by atoms with Crippen molar-refractivity contribution < 1.29 is 19.1 Å². The molecule has 1 aromatic heterocycles. The van der Waals surface area contributed by atoms with E-state index >= 15 is 0 Å². The maximum atomic E-state index is 11.4. The maximum Gasteiger partial charge on any atom is 0.360 e. The average molecular weight is 268 g/mol. The first-order chi connectivity index (χ1) is 9.19. The van der Waals surface area contributed by atoms with Crippen LogP contribution in [0.1, 0.15) is 43.1 Å². The van der Waals surface area contributed by atoms with Crippen LogP contribution in [0.2, 0.25) is 0 Å². The molecule has 0 amide bonds. The van der Waals surface area contributed by atoms with Crippen molar-refractivity contribution in [2.75, 3.05) is 18.5 Å². The van der Waals surface area contributed by atoms with Gasteiger partial charge in [0, 0.05) is 6.54 Å². The van der Waals surface area contributed by atoms with E-state index in [1.54, 1.807) is 6.92 Å². The molecular formula is C13H20N2O4. The molecule has 0 saturated heterocycles. The van der Waals surface area contributed by atoms with E-state index in [1.165, 1.54) is 6.26 Å². The largest absolute Gasteiger partial charge is 0.461 e. The van der Waals surface area contributed by atoms with Gasteiger partial charge < -0.3 is 19.6 Å². The number of nitrogens with one attached hydrogen (secondary N) is 1. The average Bonchev–Trinajstić information content (AvgIpc) is 2.86. The van der Waals surface area contributed by atoms with Gasteiger partial charge >= 0.3 is 5.97 Å². The number of oxazole rings is 1. The molecule has 2 N–H and O–H groups in total. The number of hydrogen-bond acceptors (Lipinski definition) is 6. The third-order valence-corrected chi connectivity index (χ3v) is 3.29. The van der Waals surface area contributed by atoms with E-state index in [-0.39, 0.29) is 11.8 Å². The van der Waals surface area contributed by atoms with Crippen molar-refractivity contribution in [3.63, 3.8) is 0 Å². The zero-order valence-electron chi connectivity index (χ0n) is 11.1. The number of carbonyl (C=O) groups excluding carboxylic acids is 1. The molecule has 0 radical (unpaired) electrons. The first-order valence-corrected chi connectivity index (χ1v) is 6.73. The Hall–Kier alpha value is -1.56. The first-order valence-electron chi connectivity index (χ1n) is 6.73. The smallest absolute Gasteiger partial charge is 0.360 e. The van der Waals surface area contributed by atoms with E-state index < -0.39 is 5.97 Å². The Labute approximate surface area is 112 Å². The lowest BCUT2D eigenvalue weighted by molar-refractivity contribution is 0.0519. The fourth-order valence-electron chi connectivity index (χ4n) is 2.33. The van der Waals surface area contributed by atoms with Gasteiger partial charge in [-0.2, -0.15) is 4.98 Å². The van der Waals surface area contributed by atoms with Crippen LogP contribution in [0.15, 0.2) is 10.7 Å². The summed E-state index contributed by atoms with van der Waals surface area (Å²) in [5, 5.41) is 12.6. The predicted octanol–water partition coefficient (Wildman–Crippen LogP) is 1.81. The molecule has 1 aromatic rings. The zero-order valence-corrected chi connectivity index (χ0v) is 11.1. The van der Waals surface area contributed by atoms with Crippen molar-refractivity contribution in [3.05, 3.63) is 12.0 Å². The number of aliphatic hydroxyl groups is 1. The molecule has 6 nitrogen and oxygen atoms in total. The number of nitrogens with zero attached hydrogens (tertiary/aromatic N) is 1. The van der Waals surface area contributed by atoms with E-state index in [1.807, 2.05) is 0 Å². The molecule has 1 heterocycles. The van der Waals surface area contributed by atoms with Crippen molar-refractivity contribution in [2.24, 2.45) is 5.92 Å². The molecule has 0 aromatic carbocycles. The number of anilines is 1. The number of aliphatic hydroxyl groups excluding tert-OH is 1. The van der Waals surface area contributed by atoms with E-state index in [2.05, 4.69) is 10.3 Å². The molecule has 2 unspecified atom stereocenters. The van der Waals surface area contributed by atoms with Gasteiger partial charge in [-0.15, -0.1) is 0 Å². The highest BCUT2D eigenvalue weighted by atomic mass is 16.5. The van der Waals surface area contributed by atoms with Crippen molar-refractivity contribution in [1.29, 1.82) is 0 Å². The summed E-state index contributed by atoms with van der Waals surface area (Å²) in [4.78, 5) is 15.4. The lowest BCUT2D eigenvalue weighted by Gasteiger charge is -2.25. The topological polar surface area (TPSA) is 84.6 Å². The van der Waals surface area contributed by atoms with Gasteiger partial charge in [0.05, 0.1) is 12.7 Å². The summed E-state index contributed by atoms with van der Waals surface area (Å²) in [7, 11) is 0. The van der Waals surface area contributed by atoms with Crippen LogP contribution in [0.25, 0.3) is 0 Å². The summed E-state index contributed by atoms with van der Waals surface area (Å²) in [6.07, 6.45) is 4.93. The Morgan fingerprint density at radius 3 is 3.21 bits per heavy atom. The number of aromatic nitrogens is 1. The highest BCUT2D eigenvalue weighted by Crippen LogP contribution is 2.24. The fraction of sp³-hybridized carbons (Fsp3) is 0.692. The second kappa shape index (κ2) is 6.56. The van der Waals surface area contributed by atoms with Crippen LogP contribution in [0.4, 0.5) is 6.01 Å². The summed E-state index contributed by atoms with van der Waals surface area (Å²) in [6, 6.07) is 0.322. The number of ether oxygens (including phenoxy) is 1. The highest BCUT2D eigenvalue weighted by Gasteiger charge is 2.20. The molecule has 1 aliphatic rings. The Kier molecular flexibility index (Phi) is 4.79. The Morgan fingerprint density at radius 2 is 2.47 bits per heavy atom. The first kappa shape index (κ1) is 13.9. The van der Waals surface area contributed by atoms with E-state index in [9.17, 15) is 9.90 Å². The van der Waals surface area contributed by atoms with Crippen LogP contribution >= 0.6 is 0 Å². The molecule has 2 rings (SSSR count). The van der Waals surface area contributed by atoms with Crippen molar-refractivity contribution in [3.8, 4) is 0 Å². The standard InChI is InChI=1S/C13H20N2O4/c1-2-18-12(17)11-8-19-13(15-11)14-7-9-4-3-5-10(16)6-9/h8-10,16H,2-7H2,1H3,(H,14,15). The summed E-state index contributed by atoms with van der Waals surface area (Å²) in [6.45, 7) is 2.75. The summed E-state index contributed by atoms with van der Waals surface area (Å²) in [5.41, 5.74) is 0.174. The van der Waals surface area contributed by atoms with Gasteiger partial charge in [0.2, 0.25) is 0 Å². The van der Waals surface area contributed by atoms with Gasteiger partial charge in [-0.3, -0.25) is 0 Å². The third-order valence-electron chi connectivity index (χ3n) is 3.29. The van der Waals surface area contributed by atoms with Crippen molar-refractivity contribution in [2.45, 2.75) is 38.7 Å². The van der Waals surface area contributed by atoms with Crippen molar-refractivity contribution in [1.82, 2.24) is 4.98 Å². The molecule has 1 saturated carbocycles. The van der Waals surface area contributed by atoms with Crippen molar-refractivity contribution >= 4 is 12.0 Å². The minimum atomic E-state index is -0.479. The van der Waals surface area contributed by atoms with Gasteiger partial charge in [-0.1, -0.05) is 6.42 Å². The highest BCUT2D eigenvalue weighted by molar-refractivity contribution is 5.87. The van der Waals surface area contributed by atoms with Gasteiger partial charge in [0.25, 0.3) is 6.01 Å². The van der Waals surface area contributed by atoms with Crippen LogP contribution in [0, 0.1) is 5.92 Å². The summed E-state index contributed by atoms with van der Waals surface area (Å²) >= 11 is 0. The van der Waals surface area contributed by atoms with Gasteiger partial charge in [0.1, 0.15) is 6.26 Å². The van der Waals surface area contributed by atoms with Crippen LogP contribution in [0.5, 0.6) is 0 Å². The van der Waals surface area contributed by atoms with Gasteiger partial charge in [-0.25, -0.2) is 4.79 Å². The minimum Gasteiger partial charge on any atom is -0.461 e. The second-order valence-electron chi connectivity index (χ2n) is 4.83. The molecule has 0 bridgehead atoms. The number of carbonyl (C=O) groups is 1. The Bertz CT molecular complexity index is 419. The Morgan fingerprint density at radius 1 is 1.63 bits per heavy atom. The summed E-state index contributed by atoms with van der Waals surface area (Å²) < 4.78 is 9.99. The van der Waals surface area contributed by atoms with Gasteiger partial charge in [-0.05, 0) is 32.1 Å². The molecule has 0 spiro atoms. The Balaban J connectivity index is 1.81. The molecule has 19 heavy (non-hydrogen) atoms. The number of rotatable bonds is 5. The predicted molar refractivity (Wildman–Crippen MR) is 68.9 cm³/mol. The summed E-state index contributed by atoms with van der Waals surface area (Å²) in [5.74, 6) is -0.0610. The third kappa shape index (κ3) is 3.96. The van der Waals surface area contributed by atoms with E-state index in [0.717, 1.165) is 25.7 Å². The zero-order chi connectivity index (χ0) is 13.7. The SMILES string of the molecule is CCOC(=O)c1coc(NCC2CCCC(O)C2)n1. The molecular weight excluding hydrogens is 248 g/mol. The van der Waals surface area contributed by atoms with Crippen LogP contribution in [0.3, 0.4) is 0 Å². The minimum absolute atomic E-state index is 0.174. The molecule has 106 valence electrons. The maximum absolute atomic E-state index is 11.4. The van der Waals surface area contributed by atoms with E-state index in [0.29, 0.717) is 25.1 Å². The normalized spacial score (nSPS) is 23.1. The molecule has 6 heteroatoms. The fourth-order valence-corrected chi connectivity index (χ4v) is 2.33. The van der Waals surface area contributed by atoms with Crippen LogP contribution in [-0.2, 0) is 4.74 Å². The van der Waals surface area contributed by atoms with Crippen LogP contribution in [-0.4, -0.2) is 35.3 Å². The van der Waals surface area contributed by atoms with E-state index in [4.69, 9.17) is 9.15 Å². The molecule has 0 aliphatic heterocycles. The number of hydrogen-bond donors (Lipinski definition) is 2. The molecule has 1 fully saturated rings. The molecule has 1 aliphatic carbocycles. The monoisotopic (exact) mass is 268 g/mol. The lowest BCUT2D eigenvalue weighted by Crippen LogP contribution is -2.25. The van der Waals surface area contributed by atoms with Crippen LogP contribution < -0.4 is 5.32 Å². The number of esters is 1. The van der Waals surface area contributed by atoms with Gasteiger partial charge in [0.15, 0.2) is 5.69 Å². The molecule has 2 atom stereocenters. The second-order valence-corrected chi connectivity index (χ2v) is 4.83. The quantitative estimate of drug-likeness (QED) is 0.792. The lowest BCUT2D eigenvalue weighted by atomic mass is 9.87.